The van der Waals surface area contributed by atoms with Gasteiger partial charge in [-0.3, -0.25) is 4.79 Å². The summed E-state index contributed by atoms with van der Waals surface area (Å²) >= 11 is 0. The molecular formula is C10H11N3O. The van der Waals surface area contributed by atoms with Crippen LogP contribution < -0.4 is 4.90 Å². The molecule has 0 amide bonds. The number of hydrogen-bond donors (Lipinski definition) is 1. The van der Waals surface area contributed by atoms with Crippen molar-refractivity contribution in [2.75, 3.05) is 19.0 Å². The molecule has 0 aromatic carbocycles. The van der Waals surface area contributed by atoms with Crippen molar-refractivity contribution in [3.8, 4) is 0 Å². The first-order valence-electron chi connectivity index (χ1n) is 4.32. The number of rotatable bonds is 2. The van der Waals surface area contributed by atoms with Gasteiger partial charge in [-0.15, -0.1) is 0 Å². The van der Waals surface area contributed by atoms with Crippen LogP contribution in [0.15, 0.2) is 18.5 Å². The Kier molecular flexibility index (Phi) is 1.96. The second-order valence-corrected chi connectivity index (χ2v) is 3.31. The lowest BCUT2D eigenvalue weighted by molar-refractivity contribution is 0.112. The molecule has 0 radical (unpaired) electrons. The second-order valence-electron chi connectivity index (χ2n) is 3.31. The van der Waals surface area contributed by atoms with Crippen LogP contribution in [0.2, 0.25) is 0 Å². The number of nitrogens with one attached hydrogen (secondary N) is 1. The molecule has 14 heavy (non-hydrogen) atoms. The number of fused-ring (bicyclic) bond motifs is 1. The van der Waals surface area contributed by atoms with E-state index in [9.17, 15) is 4.79 Å². The second kappa shape index (κ2) is 3.14. The highest BCUT2D eigenvalue weighted by atomic mass is 16.1. The van der Waals surface area contributed by atoms with Gasteiger partial charge < -0.3 is 9.88 Å². The minimum absolute atomic E-state index is 0.650. The summed E-state index contributed by atoms with van der Waals surface area (Å²) in [5.41, 5.74) is 2.40. The van der Waals surface area contributed by atoms with Crippen LogP contribution in [0, 0.1) is 0 Å². The molecule has 1 N–H and O–H groups in total. The van der Waals surface area contributed by atoms with Gasteiger partial charge in [-0.25, -0.2) is 4.98 Å². The summed E-state index contributed by atoms with van der Waals surface area (Å²) in [6, 6.07) is 1.89. The van der Waals surface area contributed by atoms with Crippen molar-refractivity contribution in [3.63, 3.8) is 0 Å². The van der Waals surface area contributed by atoms with E-state index < -0.39 is 0 Å². The van der Waals surface area contributed by atoms with Crippen molar-refractivity contribution >= 4 is 23.0 Å². The number of hydrogen-bond acceptors (Lipinski definition) is 3. The monoisotopic (exact) mass is 189 g/mol. The summed E-state index contributed by atoms with van der Waals surface area (Å²) in [5.74, 6) is 0. The minimum atomic E-state index is 0.650. The van der Waals surface area contributed by atoms with Crippen LogP contribution in [0.25, 0.3) is 11.0 Å². The quantitative estimate of drug-likeness (QED) is 0.727. The molecule has 0 fully saturated rings. The Morgan fingerprint density at radius 1 is 1.50 bits per heavy atom. The van der Waals surface area contributed by atoms with Crippen molar-refractivity contribution in [1.82, 2.24) is 9.97 Å². The number of aromatic nitrogens is 2. The van der Waals surface area contributed by atoms with Crippen LogP contribution in [0.1, 0.15) is 10.4 Å². The topological polar surface area (TPSA) is 49.0 Å². The molecule has 0 aliphatic heterocycles. The van der Waals surface area contributed by atoms with Gasteiger partial charge in [0.05, 0.1) is 5.39 Å². The number of pyridine rings is 1. The van der Waals surface area contributed by atoms with Gasteiger partial charge in [0.15, 0.2) is 6.29 Å². The van der Waals surface area contributed by atoms with Crippen LogP contribution in [0.3, 0.4) is 0 Å². The third-order valence-corrected chi connectivity index (χ3v) is 2.19. The van der Waals surface area contributed by atoms with Crippen molar-refractivity contribution in [3.05, 3.63) is 24.0 Å². The highest BCUT2D eigenvalue weighted by Crippen LogP contribution is 2.25. The van der Waals surface area contributed by atoms with E-state index in [1.165, 1.54) is 0 Å². The van der Waals surface area contributed by atoms with E-state index in [0.29, 0.717) is 5.56 Å². The lowest BCUT2D eigenvalue weighted by atomic mass is 10.2. The fourth-order valence-corrected chi connectivity index (χ4v) is 1.53. The van der Waals surface area contributed by atoms with Gasteiger partial charge in [-0.2, -0.15) is 0 Å². The van der Waals surface area contributed by atoms with E-state index in [0.717, 1.165) is 23.0 Å². The minimum Gasteiger partial charge on any atom is -0.377 e. The first kappa shape index (κ1) is 8.74. The lowest BCUT2D eigenvalue weighted by Gasteiger charge is -2.13. The van der Waals surface area contributed by atoms with Gasteiger partial charge in [0, 0.05) is 37.7 Å². The zero-order chi connectivity index (χ0) is 10.1. The number of aldehydes is 1. The Morgan fingerprint density at radius 3 is 2.93 bits per heavy atom. The fourth-order valence-electron chi connectivity index (χ4n) is 1.53. The highest BCUT2D eigenvalue weighted by molar-refractivity contribution is 6.02. The Labute approximate surface area is 81.6 Å². The Balaban J connectivity index is 2.81. The smallest absolute Gasteiger partial charge is 0.152 e. The molecule has 0 saturated heterocycles. The van der Waals surface area contributed by atoms with Crippen molar-refractivity contribution in [2.24, 2.45) is 0 Å². The SMILES string of the molecule is CN(C)c1ccnc2[nH]cc(C=O)c12. The molecule has 0 bridgehead atoms. The molecule has 2 aromatic rings. The Hall–Kier alpha value is -1.84. The van der Waals surface area contributed by atoms with E-state index in [1.54, 1.807) is 12.4 Å². The summed E-state index contributed by atoms with van der Waals surface area (Å²) < 4.78 is 0. The van der Waals surface area contributed by atoms with Gasteiger partial charge in [0.1, 0.15) is 5.65 Å². The molecular weight excluding hydrogens is 178 g/mol. The normalized spacial score (nSPS) is 10.4. The maximum Gasteiger partial charge on any atom is 0.152 e. The summed E-state index contributed by atoms with van der Waals surface area (Å²) in [6.45, 7) is 0. The standard InChI is InChI=1S/C10H11N3O/c1-13(2)8-3-4-11-10-9(8)7(6-14)5-12-10/h3-6H,1-2H3,(H,11,12). The molecule has 0 unspecified atom stereocenters. The van der Waals surface area contributed by atoms with Gasteiger partial charge in [-0.05, 0) is 6.07 Å². The summed E-state index contributed by atoms with van der Waals surface area (Å²) in [4.78, 5) is 19.9. The lowest BCUT2D eigenvalue weighted by Crippen LogP contribution is -2.09. The van der Waals surface area contributed by atoms with Crippen molar-refractivity contribution in [1.29, 1.82) is 0 Å². The van der Waals surface area contributed by atoms with E-state index in [1.807, 2.05) is 25.1 Å². The number of aromatic amines is 1. The molecule has 0 atom stereocenters. The van der Waals surface area contributed by atoms with Crippen molar-refractivity contribution in [2.45, 2.75) is 0 Å². The van der Waals surface area contributed by atoms with Crippen LogP contribution in [-0.4, -0.2) is 30.3 Å². The van der Waals surface area contributed by atoms with Gasteiger partial charge >= 0.3 is 0 Å². The summed E-state index contributed by atoms with van der Waals surface area (Å²) in [5, 5.41) is 0.882. The molecule has 0 spiro atoms. The van der Waals surface area contributed by atoms with Crippen molar-refractivity contribution < 1.29 is 4.79 Å². The number of carbonyl (C=O) groups is 1. The predicted molar refractivity (Wildman–Crippen MR) is 55.8 cm³/mol. The van der Waals surface area contributed by atoms with Gasteiger partial charge in [-0.1, -0.05) is 0 Å². The zero-order valence-electron chi connectivity index (χ0n) is 8.11. The first-order valence-corrected chi connectivity index (χ1v) is 4.32. The molecule has 4 heteroatoms. The van der Waals surface area contributed by atoms with Crippen LogP contribution >= 0.6 is 0 Å². The van der Waals surface area contributed by atoms with E-state index >= 15 is 0 Å². The molecule has 2 heterocycles. The summed E-state index contributed by atoms with van der Waals surface area (Å²) in [6.07, 6.45) is 4.24. The molecule has 72 valence electrons. The third-order valence-electron chi connectivity index (χ3n) is 2.19. The Bertz CT molecular complexity index is 473. The molecule has 2 aromatic heterocycles. The maximum atomic E-state index is 10.8. The van der Waals surface area contributed by atoms with Crippen LogP contribution in [0.4, 0.5) is 5.69 Å². The van der Waals surface area contributed by atoms with Gasteiger partial charge in [0.25, 0.3) is 0 Å². The average Bonchev–Trinajstić information content (AvgIpc) is 2.59. The van der Waals surface area contributed by atoms with Gasteiger partial charge in [0.2, 0.25) is 0 Å². The number of anilines is 1. The third kappa shape index (κ3) is 1.16. The first-order chi connectivity index (χ1) is 6.74. The number of nitrogens with zero attached hydrogens (tertiary/aromatic N) is 2. The molecule has 0 saturated carbocycles. The predicted octanol–water partition coefficient (Wildman–Crippen LogP) is 1.44. The number of H-pyrrole nitrogens is 1. The highest BCUT2D eigenvalue weighted by Gasteiger charge is 2.09. The average molecular weight is 189 g/mol. The fraction of sp³-hybridized carbons (Fsp3) is 0.200. The largest absolute Gasteiger partial charge is 0.377 e. The number of carbonyl (C=O) groups excluding carboxylic acids is 1. The van der Waals surface area contributed by atoms with E-state index in [2.05, 4.69) is 9.97 Å². The van der Waals surface area contributed by atoms with Crippen LogP contribution in [-0.2, 0) is 0 Å². The van der Waals surface area contributed by atoms with E-state index in [-0.39, 0.29) is 0 Å². The zero-order valence-corrected chi connectivity index (χ0v) is 8.11. The molecule has 0 aliphatic rings. The van der Waals surface area contributed by atoms with E-state index in [4.69, 9.17) is 0 Å². The molecule has 2 rings (SSSR count). The molecule has 4 nitrogen and oxygen atoms in total. The summed E-state index contributed by atoms with van der Waals surface area (Å²) in [7, 11) is 3.88. The molecule has 0 aliphatic carbocycles. The Morgan fingerprint density at radius 2 is 2.29 bits per heavy atom. The van der Waals surface area contributed by atoms with Crippen LogP contribution in [0.5, 0.6) is 0 Å². The maximum absolute atomic E-state index is 10.8.